The number of rotatable bonds is 8. The van der Waals surface area contributed by atoms with Gasteiger partial charge in [-0.3, -0.25) is 14.5 Å². The number of nitrogens with one attached hydrogen (secondary N) is 1. The molecule has 0 saturated heterocycles. The van der Waals surface area contributed by atoms with Crippen molar-refractivity contribution in [2.75, 3.05) is 27.8 Å². The summed E-state index contributed by atoms with van der Waals surface area (Å²) < 4.78 is 10.6. The molecule has 0 fully saturated rings. The zero-order valence-electron chi connectivity index (χ0n) is 16.2. The standard InChI is InChI=1S/C20H26N2O4/c1-12-19(14(3)23)13(2)21-20(12)16(24)11-22(4)10-15-7-8-17(25-5)18(9-15)26-6/h7-9,21H,10-11H2,1-6H3. The molecule has 0 unspecified atom stereocenters. The quantitative estimate of drug-likeness (QED) is 0.734. The van der Waals surface area contributed by atoms with Crippen molar-refractivity contribution in [2.45, 2.75) is 27.3 Å². The highest BCUT2D eigenvalue weighted by Gasteiger charge is 2.20. The minimum atomic E-state index is -0.0407. The van der Waals surface area contributed by atoms with Crippen LogP contribution in [0.2, 0.25) is 0 Å². The molecule has 0 bridgehead atoms. The number of carbonyl (C=O) groups is 2. The predicted octanol–water partition coefficient (Wildman–Crippen LogP) is 3.17. The molecule has 0 aliphatic heterocycles. The number of ketones is 2. The fraction of sp³-hybridized carbons (Fsp3) is 0.400. The van der Waals surface area contributed by atoms with E-state index in [9.17, 15) is 9.59 Å². The Bertz CT molecular complexity index is 823. The number of methoxy groups -OCH3 is 2. The smallest absolute Gasteiger partial charge is 0.193 e. The summed E-state index contributed by atoms with van der Waals surface area (Å²) in [6.07, 6.45) is 0. The average molecular weight is 358 g/mol. The van der Waals surface area contributed by atoms with Crippen molar-refractivity contribution < 1.29 is 19.1 Å². The zero-order chi connectivity index (χ0) is 19.4. The van der Waals surface area contributed by atoms with Gasteiger partial charge >= 0.3 is 0 Å². The number of nitrogens with zero attached hydrogens (tertiary/aromatic N) is 1. The summed E-state index contributed by atoms with van der Waals surface area (Å²) >= 11 is 0. The van der Waals surface area contributed by atoms with Crippen LogP contribution in [0.3, 0.4) is 0 Å². The summed E-state index contributed by atoms with van der Waals surface area (Å²) in [4.78, 5) is 29.4. The van der Waals surface area contributed by atoms with Gasteiger partial charge in [0.15, 0.2) is 23.1 Å². The van der Waals surface area contributed by atoms with Crippen molar-refractivity contribution in [3.63, 3.8) is 0 Å². The van der Waals surface area contributed by atoms with Crippen molar-refractivity contribution in [2.24, 2.45) is 0 Å². The summed E-state index contributed by atoms with van der Waals surface area (Å²) in [7, 11) is 5.07. The number of carbonyl (C=O) groups excluding carboxylic acids is 2. The first-order valence-corrected chi connectivity index (χ1v) is 8.41. The normalized spacial score (nSPS) is 10.9. The molecule has 1 N–H and O–H groups in total. The van der Waals surface area contributed by atoms with Gasteiger partial charge in [-0.2, -0.15) is 0 Å². The van der Waals surface area contributed by atoms with Gasteiger partial charge in [-0.25, -0.2) is 0 Å². The Morgan fingerprint density at radius 1 is 1.12 bits per heavy atom. The number of aromatic nitrogens is 1. The van der Waals surface area contributed by atoms with Crippen LogP contribution in [0.5, 0.6) is 11.5 Å². The molecule has 0 amide bonds. The Kier molecular flexibility index (Phi) is 6.21. The van der Waals surface area contributed by atoms with E-state index in [0.29, 0.717) is 29.3 Å². The zero-order valence-corrected chi connectivity index (χ0v) is 16.2. The molecule has 1 aromatic heterocycles. The van der Waals surface area contributed by atoms with E-state index in [2.05, 4.69) is 4.98 Å². The summed E-state index contributed by atoms with van der Waals surface area (Å²) in [5, 5.41) is 0. The van der Waals surface area contributed by atoms with Crippen molar-refractivity contribution in [3.05, 3.63) is 46.3 Å². The van der Waals surface area contributed by atoms with Crippen LogP contribution < -0.4 is 9.47 Å². The lowest BCUT2D eigenvalue weighted by Gasteiger charge is -2.17. The fourth-order valence-corrected chi connectivity index (χ4v) is 3.23. The maximum atomic E-state index is 12.6. The van der Waals surface area contributed by atoms with Crippen LogP contribution in [0.15, 0.2) is 18.2 Å². The highest BCUT2D eigenvalue weighted by Crippen LogP contribution is 2.28. The summed E-state index contributed by atoms with van der Waals surface area (Å²) in [6.45, 7) is 5.97. The van der Waals surface area contributed by atoms with Gasteiger partial charge in [-0.05, 0) is 51.1 Å². The van der Waals surface area contributed by atoms with Crippen molar-refractivity contribution >= 4 is 11.6 Å². The minimum absolute atomic E-state index is 0.0333. The maximum absolute atomic E-state index is 12.6. The summed E-state index contributed by atoms with van der Waals surface area (Å²) in [5.74, 6) is 1.26. The van der Waals surface area contributed by atoms with E-state index in [-0.39, 0.29) is 18.1 Å². The van der Waals surface area contributed by atoms with E-state index in [1.54, 1.807) is 14.2 Å². The van der Waals surface area contributed by atoms with E-state index in [1.165, 1.54) is 6.92 Å². The molecule has 0 aliphatic rings. The van der Waals surface area contributed by atoms with Gasteiger partial charge < -0.3 is 14.5 Å². The number of ether oxygens (including phenoxy) is 2. The third-order valence-electron chi connectivity index (χ3n) is 4.38. The van der Waals surface area contributed by atoms with Gasteiger partial charge in [0.2, 0.25) is 0 Å². The molecule has 140 valence electrons. The van der Waals surface area contributed by atoms with Crippen LogP contribution in [0, 0.1) is 13.8 Å². The number of aromatic amines is 1. The highest BCUT2D eigenvalue weighted by atomic mass is 16.5. The van der Waals surface area contributed by atoms with Gasteiger partial charge in [-0.15, -0.1) is 0 Å². The number of hydrogen-bond donors (Lipinski definition) is 1. The van der Waals surface area contributed by atoms with Gasteiger partial charge in [0, 0.05) is 17.8 Å². The topological polar surface area (TPSA) is 71.6 Å². The van der Waals surface area contributed by atoms with Crippen molar-refractivity contribution in [1.29, 1.82) is 0 Å². The number of benzene rings is 1. The Morgan fingerprint density at radius 2 is 1.77 bits per heavy atom. The van der Waals surface area contributed by atoms with Crippen molar-refractivity contribution in [1.82, 2.24) is 9.88 Å². The second-order valence-corrected chi connectivity index (χ2v) is 6.47. The Morgan fingerprint density at radius 3 is 2.31 bits per heavy atom. The van der Waals surface area contributed by atoms with E-state index < -0.39 is 0 Å². The lowest BCUT2D eigenvalue weighted by molar-refractivity contribution is 0.0937. The molecular formula is C20H26N2O4. The first kappa shape index (κ1) is 19.7. The summed E-state index contributed by atoms with van der Waals surface area (Å²) in [6, 6.07) is 5.69. The van der Waals surface area contributed by atoms with Gasteiger partial charge in [-0.1, -0.05) is 6.07 Å². The second kappa shape index (κ2) is 8.19. The van der Waals surface area contributed by atoms with E-state index in [0.717, 1.165) is 16.8 Å². The highest BCUT2D eigenvalue weighted by molar-refractivity contribution is 6.03. The lowest BCUT2D eigenvalue weighted by Crippen LogP contribution is -2.26. The Balaban J connectivity index is 2.11. The first-order valence-electron chi connectivity index (χ1n) is 8.41. The largest absolute Gasteiger partial charge is 0.493 e. The van der Waals surface area contributed by atoms with E-state index in [1.807, 2.05) is 44.0 Å². The molecule has 0 atom stereocenters. The number of likely N-dealkylation sites (N-methyl/N-ethyl adjacent to an activating group) is 1. The predicted molar refractivity (Wildman–Crippen MR) is 100 cm³/mol. The third kappa shape index (κ3) is 4.14. The monoisotopic (exact) mass is 358 g/mol. The van der Waals surface area contributed by atoms with Crippen LogP contribution in [-0.2, 0) is 6.54 Å². The third-order valence-corrected chi connectivity index (χ3v) is 4.38. The van der Waals surface area contributed by atoms with Crippen LogP contribution in [-0.4, -0.2) is 49.3 Å². The molecule has 0 saturated carbocycles. The number of Topliss-reactive ketones (excluding diaryl/α,β-unsaturated/α-hetero) is 2. The maximum Gasteiger partial charge on any atom is 0.193 e. The Hall–Kier alpha value is -2.60. The minimum Gasteiger partial charge on any atom is -0.493 e. The van der Waals surface area contributed by atoms with Crippen LogP contribution in [0.4, 0.5) is 0 Å². The first-order chi connectivity index (χ1) is 12.3. The van der Waals surface area contributed by atoms with Gasteiger partial charge in [0.25, 0.3) is 0 Å². The SMILES string of the molecule is COc1ccc(CN(C)CC(=O)c2[nH]c(C)c(C(C)=O)c2C)cc1OC. The molecular weight excluding hydrogens is 332 g/mol. The Labute approximate surface area is 154 Å². The molecule has 0 aliphatic carbocycles. The molecule has 0 spiro atoms. The second-order valence-electron chi connectivity index (χ2n) is 6.47. The fourth-order valence-electron chi connectivity index (χ4n) is 3.23. The number of hydrogen-bond acceptors (Lipinski definition) is 5. The molecule has 2 rings (SSSR count). The van der Waals surface area contributed by atoms with E-state index >= 15 is 0 Å². The summed E-state index contributed by atoms with van der Waals surface area (Å²) in [5.41, 5.74) is 3.59. The number of aryl methyl sites for hydroxylation is 1. The average Bonchev–Trinajstić information content (AvgIpc) is 2.89. The molecule has 1 aromatic carbocycles. The molecule has 1 heterocycles. The molecule has 6 heteroatoms. The molecule has 0 radical (unpaired) electrons. The molecule has 26 heavy (non-hydrogen) atoms. The van der Waals surface area contributed by atoms with Gasteiger partial charge in [0.1, 0.15) is 0 Å². The van der Waals surface area contributed by atoms with E-state index in [4.69, 9.17) is 9.47 Å². The molecule has 2 aromatic rings. The van der Waals surface area contributed by atoms with Crippen molar-refractivity contribution in [3.8, 4) is 11.5 Å². The lowest BCUT2D eigenvalue weighted by atomic mass is 10.1. The van der Waals surface area contributed by atoms with Crippen LogP contribution in [0.1, 0.15) is 44.6 Å². The van der Waals surface area contributed by atoms with Crippen LogP contribution >= 0.6 is 0 Å². The molecule has 6 nitrogen and oxygen atoms in total. The van der Waals surface area contributed by atoms with Crippen LogP contribution in [0.25, 0.3) is 0 Å². The number of H-pyrrole nitrogens is 1. The van der Waals surface area contributed by atoms with Gasteiger partial charge in [0.05, 0.1) is 26.5 Å².